The van der Waals surface area contributed by atoms with Crippen LogP contribution in [0.25, 0.3) is 5.82 Å². The molecule has 0 radical (unpaired) electrons. The van der Waals surface area contributed by atoms with Gasteiger partial charge in [0.15, 0.2) is 17.4 Å². The Morgan fingerprint density at radius 1 is 1.46 bits per heavy atom. The summed E-state index contributed by atoms with van der Waals surface area (Å²) in [5.74, 6) is -0.0185. The molecule has 0 unspecified atom stereocenters. The van der Waals surface area contributed by atoms with Crippen LogP contribution in [0.1, 0.15) is 17.0 Å². The van der Waals surface area contributed by atoms with Crippen LogP contribution in [-0.4, -0.2) is 57.0 Å². The third-order valence-electron chi connectivity index (χ3n) is 4.14. The van der Waals surface area contributed by atoms with Gasteiger partial charge in [-0.25, -0.2) is 14.1 Å². The van der Waals surface area contributed by atoms with Gasteiger partial charge in [0.25, 0.3) is 0 Å². The third-order valence-corrected chi connectivity index (χ3v) is 4.14. The molecule has 1 fully saturated rings. The number of aromatic nitrogens is 3. The summed E-state index contributed by atoms with van der Waals surface area (Å²) in [6.07, 6.45) is 2.13. The molecular formula is C16H19FN4O3. The standard InChI is InChI=1S/C16H19FN4O3/c1-10-13(3-4-22)11(2)21(19-10)16-5-15(14(17)6-18-16)24-12-7-20(8-12)9-23/h5-6,9,12,22H,3-4,7-8H2,1-2H3. The van der Waals surface area contributed by atoms with Crippen LogP contribution in [-0.2, 0) is 11.2 Å². The van der Waals surface area contributed by atoms with Gasteiger partial charge in [-0.2, -0.15) is 5.10 Å². The maximum Gasteiger partial charge on any atom is 0.209 e. The highest BCUT2D eigenvalue weighted by atomic mass is 19.1. The molecule has 0 aliphatic carbocycles. The van der Waals surface area contributed by atoms with Crippen molar-refractivity contribution in [3.63, 3.8) is 0 Å². The largest absolute Gasteiger partial charge is 0.483 e. The van der Waals surface area contributed by atoms with E-state index in [1.54, 1.807) is 9.58 Å². The number of nitrogens with zero attached hydrogens (tertiary/aromatic N) is 4. The lowest BCUT2D eigenvalue weighted by Crippen LogP contribution is -2.52. The van der Waals surface area contributed by atoms with Gasteiger partial charge in [0.1, 0.15) is 6.10 Å². The van der Waals surface area contributed by atoms with E-state index in [1.807, 2.05) is 13.8 Å². The van der Waals surface area contributed by atoms with Crippen molar-refractivity contribution in [3.8, 4) is 11.6 Å². The lowest BCUT2D eigenvalue weighted by Gasteiger charge is -2.36. The zero-order valence-electron chi connectivity index (χ0n) is 13.6. The highest BCUT2D eigenvalue weighted by molar-refractivity contribution is 5.49. The highest BCUT2D eigenvalue weighted by Gasteiger charge is 2.28. The summed E-state index contributed by atoms with van der Waals surface area (Å²) in [4.78, 5) is 16.2. The van der Waals surface area contributed by atoms with Crippen molar-refractivity contribution in [1.29, 1.82) is 0 Å². The van der Waals surface area contributed by atoms with E-state index < -0.39 is 5.82 Å². The summed E-state index contributed by atoms with van der Waals surface area (Å²) in [5.41, 5.74) is 2.60. The van der Waals surface area contributed by atoms with Gasteiger partial charge in [0.05, 0.1) is 25.0 Å². The summed E-state index contributed by atoms with van der Waals surface area (Å²) in [7, 11) is 0. The van der Waals surface area contributed by atoms with Gasteiger partial charge in [0.2, 0.25) is 6.41 Å². The number of pyridine rings is 1. The summed E-state index contributed by atoms with van der Waals surface area (Å²) >= 11 is 0. The van der Waals surface area contributed by atoms with Crippen molar-refractivity contribution in [3.05, 3.63) is 35.0 Å². The van der Waals surface area contributed by atoms with E-state index >= 15 is 0 Å². The molecule has 1 amide bonds. The first-order valence-corrected chi connectivity index (χ1v) is 7.71. The zero-order chi connectivity index (χ0) is 17.3. The second-order valence-electron chi connectivity index (χ2n) is 5.81. The second kappa shape index (κ2) is 6.56. The third kappa shape index (κ3) is 2.96. The number of carbonyl (C=O) groups excluding carboxylic acids is 1. The lowest BCUT2D eigenvalue weighted by molar-refractivity contribution is -0.126. The van der Waals surface area contributed by atoms with Gasteiger partial charge in [-0.05, 0) is 25.8 Å². The molecule has 3 heterocycles. The SMILES string of the molecule is Cc1nn(-c2cc(OC3CN(C=O)C3)c(F)cn2)c(C)c1CCO. The molecule has 1 aliphatic rings. The lowest BCUT2D eigenvalue weighted by atomic mass is 10.1. The zero-order valence-corrected chi connectivity index (χ0v) is 13.6. The maximum atomic E-state index is 14.0. The van der Waals surface area contributed by atoms with Crippen molar-refractivity contribution in [1.82, 2.24) is 19.7 Å². The second-order valence-corrected chi connectivity index (χ2v) is 5.81. The molecule has 24 heavy (non-hydrogen) atoms. The number of ether oxygens (including phenoxy) is 1. The Hall–Kier alpha value is -2.48. The maximum absolute atomic E-state index is 14.0. The van der Waals surface area contributed by atoms with Crippen molar-refractivity contribution in [2.75, 3.05) is 19.7 Å². The number of halogens is 1. The van der Waals surface area contributed by atoms with Crippen LogP contribution in [0.2, 0.25) is 0 Å². The van der Waals surface area contributed by atoms with Crippen molar-refractivity contribution >= 4 is 6.41 Å². The highest BCUT2D eigenvalue weighted by Crippen LogP contribution is 2.24. The summed E-state index contributed by atoms with van der Waals surface area (Å²) in [6, 6.07) is 1.50. The number of carbonyl (C=O) groups is 1. The number of amides is 1. The number of rotatable bonds is 6. The van der Waals surface area contributed by atoms with Gasteiger partial charge in [-0.3, -0.25) is 4.79 Å². The molecule has 128 valence electrons. The molecule has 0 atom stereocenters. The van der Waals surface area contributed by atoms with Gasteiger partial charge in [0, 0.05) is 18.4 Å². The van der Waals surface area contributed by atoms with Crippen LogP contribution in [0.15, 0.2) is 12.3 Å². The van der Waals surface area contributed by atoms with Crippen molar-refractivity contribution in [2.24, 2.45) is 0 Å². The van der Waals surface area contributed by atoms with E-state index in [2.05, 4.69) is 10.1 Å². The van der Waals surface area contributed by atoms with Crippen molar-refractivity contribution in [2.45, 2.75) is 26.4 Å². The number of aryl methyl sites for hydroxylation is 1. The Labute approximate surface area is 138 Å². The van der Waals surface area contributed by atoms with Gasteiger partial charge in [-0.1, -0.05) is 0 Å². The van der Waals surface area contributed by atoms with E-state index in [-0.39, 0.29) is 18.5 Å². The Morgan fingerprint density at radius 3 is 2.88 bits per heavy atom. The molecule has 0 bridgehead atoms. The topological polar surface area (TPSA) is 80.5 Å². The summed E-state index contributed by atoms with van der Waals surface area (Å²) in [5, 5.41) is 13.6. The van der Waals surface area contributed by atoms with Crippen LogP contribution in [0.5, 0.6) is 5.75 Å². The van der Waals surface area contributed by atoms with Gasteiger partial charge >= 0.3 is 0 Å². The minimum Gasteiger partial charge on any atom is -0.483 e. The smallest absolute Gasteiger partial charge is 0.209 e. The summed E-state index contributed by atoms with van der Waals surface area (Å²) < 4.78 is 21.2. The minimum absolute atomic E-state index is 0.0352. The van der Waals surface area contributed by atoms with Gasteiger partial charge in [-0.15, -0.1) is 0 Å². The first-order valence-electron chi connectivity index (χ1n) is 7.71. The predicted octanol–water partition coefficient (Wildman–Crippen LogP) is 0.777. The fourth-order valence-corrected chi connectivity index (χ4v) is 2.80. The first kappa shape index (κ1) is 16.4. The van der Waals surface area contributed by atoms with Crippen LogP contribution in [0, 0.1) is 19.7 Å². The fraction of sp³-hybridized carbons (Fsp3) is 0.438. The van der Waals surface area contributed by atoms with Crippen molar-refractivity contribution < 1.29 is 19.0 Å². The van der Waals surface area contributed by atoms with E-state index in [9.17, 15) is 9.18 Å². The van der Waals surface area contributed by atoms with E-state index in [4.69, 9.17) is 9.84 Å². The Kier molecular flexibility index (Phi) is 4.48. The molecule has 0 saturated carbocycles. The molecule has 8 heteroatoms. The summed E-state index contributed by atoms with van der Waals surface area (Å²) in [6.45, 7) is 4.66. The van der Waals surface area contributed by atoms with E-state index in [0.717, 1.165) is 29.6 Å². The van der Waals surface area contributed by atoms with Crippen LogP contribution >= 0.6 is 0 Å². The Balaban J connectivity index is 1.86. The molecule has 1 aliphatic heterocycles. The molecule has 0 aromatic carbocycles. The molecule has 7 nitrogen and oxygen atoms in total. The quantitative estimate of drug-likeness (QED) is 0.790. The number of aliphatic hydroxyl groups excluding tert-OH is 1. The van der Waals surface area contributed by atoms with E-state index in [1.165, 1.54) is 6.07 Å². The minimum atomic E-state index is -0.555. The number of hydrogen-bond donors (Lipinski definition) is 1. The van der Waals surface area contributed by atoms with Crippen LogP contribution in [0.4, 0.5) is 4.39 Å². The number of likely N-dealkylation sites (tertiary alicyclic amines) is 1. The Bertz CT molecular complexity index is 756. The molecule has 0 spiro atoms. The molecule has 2 aromatic heterocycles. The Morgan fingerprint density at radius 2 is 2.21 bits per heavy atom. The van der Waals surface area contributed by atoms with E-state index in [0.29, 0.717) is 25.3 Å². The average molecular weight is 334 g/mol. The molecule has 1 saturated heterocycles. The molecular weight excluding hydrogens is 315 g/mol. The average Bonchev–Trinajstić information content (AvgIpc) is 2.80. The molecule has 1 N–H and O–H groups in total. The fourth-order valence-electron chi connectivity index (χ4n) is 2.80. The predicted molar refractivity (Wildman–Crippen MR) is 83.6 cm³/mol. The first-order chi connectivity index (χ1) is 11.5. The molecule has 2 aromatic rings. The van der Waals surface area contributed by atoms with Gasteiger partial charge < -0.3 is 14.7 Å². The monoisotopic (exact) mass is 334 g/mol. The number of aliphatic hydroxyl groups is 1. The van der Waals surface area contributed by atoms with Crippen LogP contribution < -0.4 is 4.74 Å². The molecule has 3 rings (SSSR count). The number of hydrogen-bond acceptors (Lipinski definition) is 5. The van der Waals surface area contributed by atoms with Crippen LogP contribution in [0.3, 0.4) is 0 Å². The normalized spacial score (nSPS) is 14.6.